The first-order valence-corrected chi connectivity index (χ1v) is 6.60. The number of ether oxygens (including phenoxy) is 1. The van der Waals surface area contributed by atoms with Crippen LogP contribution in [-0.2, 0) is 11.4 Å². The van der Waals surface area contributed by atoms with Gasteiger partial charge in [0.25, 0.3) is 0 Å². The van der Waals surface area contributed by atoms with Crippen LogP contribution < -0.4 is 4.74 Å². The van der Waals surface area contributed by atoms with Crippen molar-refractivity contribution in [2.45, 2.75) is 13.5 Å². The summed E-state index contributed by atoms with van der Waals surface area (Å²) in [5.41, 5.74) is 1.44. The maximum absolute atomic E-state index is 10.6. The van der Waals surface area contributed by atoms with Gasteiger partial charge < -0.3 is 14.4 Å². The molecule has 104 valence electrons. The van der Waals surface area contributed by atoms with Gasteiger partial charge >= 0.3 is 5.97 Å². The van der Waals surface area contributed by atoms with Crippen molar-refractivity contribution in [2.24, 2.45) is 0 Å². The van der Waals surface area contributed by atoms with Crippen molar-refractivity contribution >= 4 is 28.0 Å². The maximum atomic E-state index is 10.6. The quantitative estimate of drug-likeness (QED) is 0.846. The first kappa shape index (κ1) is 14.3. The van der Waals surface area contributed by atoms with Crippen LogP contribution in [0, 0.1) is 6.92 Å². The number of aliphatic carboxylic acids is 1. The molecule has 5 nitrogen and oxygen atoms in total. The molecular weight excluding hydrogens is 326 g/mol. The van der Waals surface area contributed by atoms with Gasteiger partial charge in [0.1, 0.15) is 12.4 Å². The number of benzene rings is 1. The van der Waals surface area contributed by atoms with Crippen molar-refractivity contribution in [1.82, 2.24) is 5.16 Å². The zero-order valence-corrected chi connectivity index (χ0v) is 12.3. The number of carboxylic acids is 1. The van der Waals surface area contributed by atoms with Gasteiger partial charge in [0.2, 0.25) is 0 Å². The number of rotatable bonds is 5. The summed E-state index contributed by atoms with van der Waals surface area (Å²) in [5, 5.41) is 12.5. The molecule has 0 radical (unpaired) electrons. The summed E-state index contributed by atoms with van der Waals surface area (Å²) in [4.78, 5) is 10.6. The van der Waals surface area contributed by atoms with Crippen LogP contribution in [-0.4, -0.2) is 16.2 Å². The highest BCUT2D eigenvalue weighted by Crippen LogP contribution is 2.30. The Balaban J connectivity index is 2.19. The van der Waals surface area contributed by atoms with E-state index in [1.54, 1.807) is 18.2 Å². The summed E-state index contributed by atoms with van der Waals surface area (Å²) in [6.45, 7) is 2.05. The van der Waals surface area contributed by atoms with Crippen molar-refractivity contribution in [3.8, 4) is 5.75 Å². The molecule has 0 atom stereocenters. The van der Waals surface area contributed by atoms with E-state index in [0.717, 1.165) is 16.2 Å². The number of aryl methyl sites for hydroxylation is 1. The Kier molecular flexibility index (Phi) is 4.57. The van der Waals surface area contributed by atoms with Crippen molar-refractivity contribution in [3.05, 3.63) is 51.8 Å². The number of nitrogens with zero attached hydrogens (tertiary/aromatic N) is 1. The summed E-state index contributed by atoms with van der Waals surface area (Å²) in [5.74, 6) is 0.146. The van der Waals surface area contributed by atoms with E-state index in [4.69, 9.17) is 14.4 Å². The first-order chi connectivity index (χ1) is 9.56. The molecule has 1 heterocycles. The average Bonchev–Trinajstić information content (AvgIpc) is 2.81. The van der Waals surface area contributed by atoms with Crippen LogP contribution in [0.25, 0.3) is 6.08 Å². The fourth-order valence-corrected chi connectivity index (χ4v) is 2.09. The topological polar surface area (TPSA) is 72.6 Å². The Morgan fingerprint density at radius 1 is 1.55 bits per heavy atom. The predicted octanol–water partition coefficient (Wildman–Crippen LogP) is 3.42. The first-order valence-electron chi connectivity index (χ1n) is 5.81. The van der Waals surface area contributed by atoms with Gasteiger partial charge in [0.15, 0.2) is 5.76 Å². The Morgan fingerprint density at radius 2 is 2.35 bits per heavy atom. The lowest BCUT2D eigenvalue weighted by Crippen LogP contribution is -1.97. The van der Waals surface area contributed by atoms with Crippen molar-refractivity contribution in [3.63, 3.8) is 0 Å². The van der Waals surface area contributed by atoms with Crippen molar-refractivity contribution < 1.29 is 19.2 Å². The second-order valence-electron chi connectivity index (χ2n) is 4.05. The molecule has 0 aliphatic carbocycles. The third-order valence-corrected chi connectivity index (χ3v) is 3.06. The molecule has 0 saturated heterocycles. The monoisotopic (exact) mass is 337 g/mol. The molecule has 0 amide bonds. The SMILES string of the molecule is Cc1cc(COc2c(Br)cccc2C=CC(=O)O)on1. The van der Waals surface area contributed by atoms with E-state index in [1.807, 2.05) is 13.0 Å². The molecular formula is C14H12BrNO4. The van der Waals surface area contributed by atoms with Crippen LogP contribution in [0.2, 0.25) is 0 Å². The summed E-state index contributed by atoms with van der Waals surface area (Å²) >= 11 is 3.38. The Bertz CT molecular complexity index is 648. The minimum absolute atomic E-state index is 0.220. The molecule has 6 heteroatoms. The molecule has 2 aromatic rings. The molecule has 1 aromatic carbocycles. The van der Waals surface area contributed by atoms with Crippen LogP contribution in [0.4, 0.5) is 0 Å². The number of carboxylic acid groups (broad SMARTS) is 1. The Hall–Kier alpha value is -2.08. The second-order valence-corrected chi connectivity index (χ2v) is 4.91. The minimum atomic E-state index is -1.01. The van der Waals surface area contributed by atoms with E-state index in [9.17, 15) is 4.79 Å². The summed E-state index contributed by atoms with van der Waals surface area (Å²) in [7, 11) is 0. The Morgan fingerprint density at radius 3 is 3.00 bits per heavy atom. The van der Waals surface area contributed by atoms with Gasteiger partial charge in [-0.3, -0.25) is 0 Å². The summed E-state index contributed by atoms with van der Waals surface area (Å²) in [6, 6.07) is 7.17. The normalized spacial score (nSPS) is 10.9. The lowest BCUT2D eigenvalue weighted by atomic mass is 10.2. The van der Waals surface area contributed by atoms with Gasteiger partial charge in [-0.1, -0.05) is 17.3 Å². The third-order valence-electron chi connectivity index (χ3n) is 2.44. The lowest BCUT2D eigenvalue weighted by Gasteiger charge is -2.09. The number of aromatic nitrogens is 1. The number of para-hydroxylation sites is 1. The minimum Gasteiger partial charge on any atom is -0.484 e. The maximum Gasteiger partial charge on any atom is 0.328 e. The molecule has 20 heavy (non-hydrogen) atoms. The van der Waals surface area contributed by atoms with E-state index < -0.39 is 5.97 Å². The molecule has 0 aliphatic heterocycles. The molecule has 2 rings (SSSR count). The fourth-order valence-electron chi connectivity index (χ4n) is 1.60. The van der Waals surface area contributed by atoms with E-state index in [-0.39, 0.29) is 6.61 Å². The van der Waals surface area contributed by atoms with Crippen LogP contribution >= 0.6 is 15.9 Å². The van der Waals surface area contributed by atoms with Crippen molar-refractivity contribution in [2.75, 3.05) is 0 Å². The summed E-state index contributed by atoms with van der Waals surface area (Å²) in [6.07, 6.45) is 2.54. The molecule has 0 bridgehead atoms. The van der Waals surface area contributed by atoms with Crippen LogP contribution in [0.3, 0.4) is 0 Å². The van der Waals surface area contributed by atoms with Crippen LogP contribution in [0.15, 0.2) is 39.3 Å². The van der Waals surface area contributed by atoms with E-state index in [1.165, 1.54) is 6.08 Å². The number of halogens is 1. The highest BCUT2D eigenvalue weighted by Gasteiger charge is 2.08. The van der Waals surface area contributed by atoms with E-state index >= 15 is 0 Å². The van der Waals surface area contributed by atoms with Gasteiger partial charge in [-0.25, -0.2) is 4.79 Å². The highest BCUT2D eigenvalue weighted by atomic mass is 79.9. The van der Waals surface area contributed by atoms with Gasteiger partial charge in [-0.15, -0.1) is 0 Å². The highest BCUT2D eigenvalue weighted by molar-refractivity contribution is 9.10. The van der Waals surface area contributed by atoms with Gasteiger partial charge in [0.05, 0.1) is 10.2 Å². The standard InChI is InChI=1S/C14H12BrNO4/c1-9-7-11(20-16-9)8-19-14-10(5-6-13(17)18)3-2-4-12(14)15/h2-7H,8H2,1H3,(H,17,18). The number of hydrogen-bond acceptors (Lipinski definition) is 4. The third kappa shape index (κ3) is 3.71. The predicted molar refractivity (Wildman–Crippen MR) is 76.4 cm³/mol. The summed E-state index contributed by atoms with van der Waals surface area (Å²) < 4.78 is 11.5. The molecule has 1 aromatic heterocycles. The Labute approximate surface area is 124 Å². The zero-order chi connectivity index (χ0) is 14.5. The average molecular weight is 338 g/mol. The van der Waals surface area contributed by atoms with E-state index in [0.29, 0.717) is 17.1 Å². The fraction of sp³-hybridized carbons (Fsp3) is 0.143. The number of hydrogen-bond donors (Lipinski definition) is 1. The molecule has 0 aliphatic rings. The largest absolute Gasteiger partial charge is 0.484 e. The van der Waals surface area contributed by atoms with Crippen LogP contribution in [0.5, 0.6) is 5.75 Å². The van der Waals surface area contributed by atoms with E-state index in [2.05, 4.69) is 21.1 Å². The molecule has 0 unspecified atom stereocenters. The molecule has 1 N–H and O–H groups in total. The van der Waals surface area contributed by atoms with Gasteiger partial charge in [-0.05, 0) is 35.0 Å². The zero-order valence-electron chi connectivity index (χ0n) is 10.7. The molecule has 0 spiro atoms. The van der Waals surface area contributed by atoms with Gasteiger partial charge in [0, 0.05) is 17.7 Å². The van der Waals surface area contributed by atoms with Crippen molar-refractivity contribution in [1.29, 1.82) is 0 Å². The number of carbonyl (C=O) groups is 1. The second kappa shape index (κ2) is 6.38. The molecule has 0 fully saturated rings. The molecule has 0 saturated carbocycles. The lowest BCUT2D eigenvalue weighted by molar-refractivity contribution is -0.131. The van der Waals surface area contributed by atoms with Crippen LogP contribution in [0.1, 0.15) is 17.0 Å². The van der Waals surface area contributed by atoms with Gasteiger partial charge in [-0.2, -0.15) is 0 Å². The smallest absolute Gasteiger partial charge is 0.328 e.